The highest BCUT2D eigenvalue weighted by atomic mass is 35.5. The lowest BCUT2D eigenvalue weighted by molar-refractivity contribution is -0.118. The van der Waals surface area contributed by atoms with E-state index >= 15 is 8.78 Å². The van der Waals surface area contributed by atoms with E-state index in [4.69, 9.17) is 27.9 Å². The fourth-order valence-electron chi connectivity index (χ4n) is 5.72. The molecule has 3 aromatic rings. The van der Waals surface area contributed by atoms with Crippen LogP contribution in [0, 0.1) is 28.4 Å². The molecule has 11 heteroatoms. The highest BCUT2D eigenvalue weighted by molar-refractivity contribution is 6.31. The van der Waals surface area contributed by atoms with Crippen LogP contribution in [0.1, 0.15) is 54.6 Å². The first-order valence-corrected chi connectivity index (χ1v) is 13.8. The van der Waals surface area contributed by atoms with Crippen molar-refractivity contribution in [2.24, 2.45) is 5.41 Å². The summed E-state index contributed by atoms with van der Waals surface area (Å²) in [6, 6.07) is 12.4. The van der Waals surface area contributed by atoms with Crippen molar-refractivity contribution in [2.75, 3.05) is 12.4 Å². The van der Waals surface area contributed by atoms with Crippen LogP contribution in [0.25, 0.3) is 0 Å². The van der Waals surface area contributed by atoms with E-state index in [1.165, 1.54) is 55.6 Å². The normalized spacial score (nSPS) is 21.9. The third-order valence-corrected chi connectivity index (χ3v) is 7.96. The third kappa shape index (κ3) is 5.80. The van der Waals surface area contributed by atoms with Gasteiger partial charge in [0.15, 0.2) is 0 Å². The number of methoxy groups -OCH3 is 1. The van der Waals surface area contributed by atoms with Crippen LogP contribution in [0.4, 0.5) is 14.5 Å². The van der Waals surface area contributed by atoms with Crippen LogP contribution in [0.15, 0.2) is 54.6 Å². The van der Waals surface area contributed by atoms with Gasteiger partial charge in [0.25, 0.3) is 0 Å². The quantitative estimate of drug-likeness (QED) is 0.265. The minimum Gasteiger partial charge on any atom is -0.496 e. The number of halogens is 4. The maximum absolute atomic E-state index is 15.8. The largest absolute Gasteiger partial charge is 0.496 e. The minimum absolute atomic E-state index is 0.0114. The number of nitriles is 1. The number of aromatic carboxylic acids is 1. The molecule has 1 fully saturated rings. The zero-order chi connectivity index (χ0) is 31.0. The van der Waals surface area contributed by atoms with Gasteiger partial charge >= 0.3 is 5.97 Å². The highest BCUT2D eigenvalue weighted by Gasteiger charge is 2.61. The molecule has 2 unspecified atom stereocenters. The highest BCUT2D eigenvalue weighted by Crippen LogP contribution is 2.53. The van der Waals surface area contributed by atoms with Gasteiger partial charge in [-0.15, -0.1) is 0 Å². The SMILES string of the molecule is COc1cc(NC(=O)[C@@H]2NC(CC(C)(C)C)[C@](C#N)(c3ccc(Cl)cc3F)C2c2cccc(Cl)c2F)ccc1C(=O)O. The van der Waals surface area contributed by atoms with E-state index in [0.717, 1.165) is 6.07 Å². The Hall–Kier alpha value is -3.71. The Morgan fingerprint density at radius 3 is 2.45 bits per heavy atom. The van der Waals surface area contributed by atoms with E-state index in [1.54, 1.807) is 0 Å². The molecule has 4 rings (SSSR count). The maximum Gasteiger partial charge on any atom is 0.339 e. The molecular formula is C31H29Cl2F2N3O4. The summed E-state index contributed by atoms with van der Waals surface area (Å²) < 4.78 is 36.7. The Morgan fingerprint density at radius 2 is 1.86 bits per heavy atom. The number of rotatable bonds is 7. The number of nitrogens with zero attached hydrogens (tertiary/aromatic N) is 1. The van der Waals surface area contributed by atoms with Gasteiger partial charge in [-0.05, 0) is 47.7 Å². The Labute approximate surface area is 252 Å². The summed E-state index contributed by atoms with van der Waals surface area (Å²) in [6.07, 6.45) is 0.312. The summed E-state index contributed by atoms with van der Waals surface area (Å²) in [5.41, 5.74) is -2.16. The van der Waals surface area contributed by atoms with Gasteiger partial charge in [-0.2, -0.15) is 5.26 Å². The predicted octanol–water partition coefficient (Wildman–Crippen LogP) is 6.94. The fraction of sp³-hybridized carbons (Fsp3) is 0.323. The fourth-order valence-corrected chi connectivity index (χ4v) is 6.06. The summed E-state index contributed by atoms with van der Waals surface area (Å²) in [5, 5.41) is 26.2. The van der Waals surface area contributed by atoms with Gasteiger partial charge in [-0.1, -0.05) is 62.2 Å². The summed E-state index contributed by atoms with van der Waals surface area (Å²) in [4.78, 5) is 25.5. The van der Waals surface area contributed by atoms with Crippen molar-refractivity contribution in [2.45, 2.75) is 50.6 Å². The summed E-state index contributed by atoms with van der Waals surface area (Å²) in [7, 11) is 1.29. The summed E-state index contributed by atoms with van der Waals surface area (Å²) in [6.45, 7) is 5.81. The number of ether oxygens (including phenoxy) is 1. The summed E-state index contributed by atoms with van der Waals surface area (Å²) in [5.74, 6) is -4.71. The number of hydrogen-bond acceptors (Lipinski definition) is 5. The zero-order valence-electron chi connectivity index (χ0n) is 23.3. The molecule has 0 saturated carbocycles. The van der Waals surface area contributed by atoms with Crippen LogP contribution in [0.5, 0.6) is 5.75 Å². The molecule has 3 aromatic carbocycles. The van der Waals surface area contributed by atoms with Gasteiger partial charge in [0.1, 0.15) is 28.4 Å². The van der Waals surface area contributed by atoms with Gasteiger partial charge in [0.2, 0.25) is 5.91 Å². The molecular weight excluding hydrogens is 587 g/mol. The number of anilines is 1. The smallest absolute Gasteiger partial charge is 0.339 e. The van der Waals surface area contributed by atoms with Gasteiger partial charge in [-0.25, -0.2) is 13.6 Å². The first kappa shape index (κ1) is 31.2. The Bertz CT molecular complexity index is 1590. The monoisotopic (exact) mass is 615 g/mol. The third-order valence-electron chi connectivity index (χ3n) is 7.43. The lowest BCUT2D eigenvalue weighted by Gasteiger charge is -2.37. The van der Waals surface area contributed by atoms with Crippen molar-refractivity contribution < 1.29 is 28.2 Å². The predicted molar refractivity (Wildman–Crippen MR) is 156 cm³/mol. The van der Waals surface area contributed by atoms with Crippen LogP contribution in [0.3, 0.4) is 0 Å². The first-order valence-electron chi connectivity index (χ1n) is 13.0. The molecule has 0 aliphatic carbocycles. The molecule has 1 amide bonds. The van der Waals surface area contributed by atoms with Gasteiger partial charge in [0.05, 0.1) is 24.2 Å². The van der Waals surface area contributed by atoms with Gasteiger partial charge in [0, 0.05) is 34.3 Å². The Morgan fingerprint density at radius 1 is 1.14 bits per heavy atom. The van der Waals surface area contributed by atoms with Crippen LogP contribution >= 0.6 is 23.2 Å². The second kappa shape index (κ2) is 11.9. The van der Waals surface area contributed by atoms with Crippen LogP contribution in [0.2, 0.25) is 10.0 Å². The molecule has 0 aromatic heterocycles. The molecule has 1 aliphatic rings. The first-order chi connectivity index (χ1) is 19.7. The summed E-state index contributed by atoms with van der Waals surface area (Å²) >= 11 is 12.2. The average molecular weight is 616 g/mol. The van der Waals surface area contributed by atoms with Crippen LogP contribution in [-0.4, -0.2) is 36.2 Å². The molecule has 7 nitrogen and oxygen atoms in total. The average Bonchev–Trinajstić information content (AvgIpc) is 3.23. The van der Waals surface area contributed by atoms with Crippen molar-refractivity contribution in [3.63, 3.8) is 0 Å². The molecule has 1 heterocycles. The molecule has 220 valence electrons. The Kier molecular flexibility index (Phi) is 8.84. The second-order valence-corrected chi connectivity index (χ2v) is 12.2. The van der Waals surface area contributed by atoms with Crippen molar-refractivity contribution in [1.29, 1.82) is 5.26 Å². The van der Waals surface area contributed by atoms with Crippen molar-refractivity contribution in [3.8, 4) is 11.8 Å². The molecule has 1 aliphatic heterocycles. The van der Waals surface area contributed by atoms with E-state index in [1.807, 2.05) is 20.8 Å². The molecule has 0 spiro atoms. The number of carboxylic acids is 1. The molecule has 0 bridgehead atoms. The van der Waals surface area contributed by atoms with Gasteiger partial charge < -0.3 is 20.5 Å². The van der Waals surface area contributed by atoms with E-state index in [9.17, 15) is 20.0 Å². The number of hydrogen-bond donors (Lipinski definition) is 3. The number of benzene rings is 3. The molecule has 42 heavy (non-hydrogen) atoms. The number of carbonyl (C=O) groups excluding carboxylic acids is 1. The number of carbonyl (C=O) groups is 2. The molecule has 4 atom stereocenters. The number of nitrogens with one attached hydrogen (secondary N) is 2. The van der Waals surface area contributed by atoms with Crippen molar-refractivity contribution in [3.05, 3.63) is 93.0 Å². The number of amides is 1. The van der Waals surface area contributed by atoms with E-state index in [-0.39, 0.29) is 38.2 Å². The topological polar surface area (TPSA) is 111 Å². The molecule has 1 saturated heterocycles. The number of carboxylic acid groups (broad SMARTS) is 1. The minimum atomic E-state index is -1.78. The lowest BCUT2D eigenvalue weighted by atomic mass is 9.62. The van der Waals surface area contributed by atoms with Crippen LogP contribution in [-0.2, 0) is 10.2 Å². The van der Waals surface area contributed by atoms with Crippen molar-refractivity contribution >= 4 is 40.8 Å². The zero-order valence-corrected chi connectivity index (χ0v) is 24.8. The molecule has 3 N–H and O–H groups in total. The second-order valence-electron chi connectivity index (χ2n) is 11.4. The van der Waals surface area contributed by atoms with Gasteiger partial charge in [-0.3, -0.25) is 4.79 Å². The van der Waals surface area contributed by atoms with Crippen LogP contribution < -0.4 is 15.4 Å². The van der Waals surface area contributed by atoms with E-state index < -0.39 is 52.3 Å². The molecule has 0 radical (unpaired) electrons. The maximum atomic E-state index is 15.8. The van der Waals surface area contributed by atoms with E-state index in [2.05, 4.69) is 16.7 Å². The standard InChI is InChI=1S/C31H29Cl2F2N3O4/c1-30(2,3)14-24-31(15-36,20-11-8-16(32)12-22(20)34)25(19-6-5-7-21(33)26(19)35)27(38-24)28(39)37-17-9-10-18(29(40)41)23(13-17)42-4/h5-13,24-25,27,38H,14H2,1-4H3,(H,37,39)(H,40,41)/t24?,25?,27-,31+/m1/s1. The van der Waals surface area contributed by atoms with Crippen molar-refractivity contribution in [1.82, 2.24) is 5.32 Å². The lowest BCUT2D eigenvalue weighted by Crippen LogP contribution is -2.45. The Balaban J connectivity index is 1.93. The van der Waals surface area contributed by atoms with E-state index in [0.29, 0.717) is 6.42 Å².